The quantitative estimate of drug-likeness (QED) is 0.857. The van der Waals surface area contributed by atoms with Crippen LogP contribution >= 0.6 is 0 Å². The summed E-state index contributed by atoms with van der Waals surface area (Å²) in [6, 6.07) is 7.03. The van der Waals surface area contributed by atoms with E-state index in [0.29, 0.717) is 0 Å². The van der Waals surface area contributed by atoms with Gasteiger partial charge in [-0.15, -0.1) is 0 Å². The van der Waals surface area contributed by atoms with E-state index in [4.69, 9.17) is 4.74 Å². The standard InChI is InChI=1S/C14H18N2O3/c1-14(2,3)9-6-4-5-7-10(9)15-12(17)11-8-19-13(18)16-11/h4-7,11H,8H2,1-3H3,(H,15,17)(H,16,18). The predicted molar refractivity (Wildman–Crippen MR) is 72.0 cm³/mol. The number of hydrogen-bond donors (Lipinski definition) is 2. The molecule has 2 rings (SSSR count). The maximum atomic E-state index is 12.0. The van der Waals surface area contributed by atoms with Crippen LogP contribution in [-0.4, -0.2) is 24.6 Å². The number of cyclic esters (lactones) is 1. The summed E-state index contributed by atoms with van der Waals surface area (Å²) in [6.45, 7) is 6.32. The van der Waals surface area contributed by atoms with Gasteiger partial charge in [0.25, 0.3) is 5.91 Å². The average Bonchev–Trinajstić information content (AvgIpc) is 2.75. The summed E-state index contributed by atoms with van der Waals surface area (Å²) >= 11 is 0. The molecule has 1 aromatic rings. The topological polar surface area (TPSA) is 67.4 Å². The Balaban J connectivity index is 2.15. The zero-order valence-electron chi connectivity index (χ0n) is 11.3. The molecule has 0 aliphatic carbocycles. The van der Waals surface area contributed by atoms with Gasteiger partial charge in [-0.25, -0.2) is 4.79 Å². The van der Waals surface area contributed by atoms with Gasteiger partial charge in [0.2, 0.25) is 0 Å². The molecule has 1 heterocycles. The molecule has 1 fully saturated rings. The van der Waals surface area contributed by atoms with Crippen molar-refractivity contribution in [3.8, 4) is 0 Å². The Morgan fingerprint density at radius 1 is 1.37 bits per heavy atom. The number of hydrogen-bond acceptors (Lipinski definition) is 3. The van der Waals surface area contributed by atoms with E-state index in [1.165, 1.54) is 0 Å². The van der Waals surface area contributed by atoms with E-state index in [-0.39, 0.29) is 17.9 Å². The first kappa shape index (κ1) is 13.4. The highest BCUT2D eigenvalue weighted by molar-refractivity contribution is 5.98. The van der Waals surface area contributed by atoms with Crippen LogP contribution in [0.2, 0.25) is 0 Å². The van der Waals surface area contributed by atoms with Crippen LogP contribution in [0.1, 0.15) is 26.3 Å². The van der Waals surface area contributed by atoms with Gasteiger partial charge in [0.15, 0.2) is 0 Å². The third-order valence-electron chi connectivity index (χ3n) is 2.98. The largest absolute Gasteiger partial charge is 0.447 e. The minimum Gasteiger partial charge on any atom is -0.447 e. The van der Waals surface area contributed by atoms with E-state index >= 15 is 0 Å². The Morgan fingerprint density at radius 3 is 2.63 bits per heavy atom. The molecule has 1 atom stereocenters. The lowest BCUT2D eigenvalue weighted by Gasteiger charge is -2.23. The molecule has 5 nitrogen and oxygen atoms in total. The van der Waals surface area contributed by atoms with Gasteiger partial charge in [-0.1, -0.05) is 39.0 Å². The fourth-order valence-electron chi connectivity index (χ4n) is 1.99. The Morgan fingerprint density at radius 2 is 2.05 bits per heavy atom. The molecule has 102 valence electrons. The molecule has 1 unspecified atom stereocenters. The summed E-state index contributed by atoms with van der Waals surface area (Å²) in [6.07, 6.45) is -0.552. The van der Waals surface area contributed by atoms with Crippen LogP contribution < -0.4 is 10.6 Å². The SMILES string of the molecule is CC(C)(C)c1ccccc1NC(=O)C1COC(=O)N1. The fraction of sp³-hybridized carbons (Fsp3) is 0.429. The highest BCUT2D eigenvalue weighted by Gasteiger charge is 2.29. The zero-order valence-corrected chi connectivity index (χ0v) is 11.3. The maximum Gasteiger partial charge on any atom is 0.407 e. The van der Waals surface area contributed by atoms with E-state index in [1.54, 1.807) is 0 Å². The molecule has 0 radical (unpaired) electrons. The average molecular weight is 262 g/mol. The second-order valence-corrected chi connectivity index (χ2v) is 5.58. The summed E-state index contributed by atoms with van der Waals surface area (Å²) in [5.41, 5.74) is 1.74. The molecule has 0 saturated carbocycles. The second-order valence-electron chi connectivity index (χ2n) is 5.58. The van der Waals surface area contributed by atoms with Crippen LogP contribution in [0.3, 0.4) is 0 Å². The summed E-state index contributed by atoms with van der Waals surface area (Å²) in [7, 11) is 0. The molecule has 2 amide bonds. The predicted octanol–water partition coefficient (Wildman–Crippen LogP) is 2.03. The number of alkyl carbamates (subject to hydrolysis) is 1. The first-order chi connectivity index (χ1) is 8.88. The smallest absolute Gasteiger partial charge is 0.407 e. The number of benzene rings is 1. The van der Waals surface area contributed by atoms with Crippen LogP contribution in [0.15, 0.2) is 24.3 Å². The lowest BCUT2D eigenvalue weighted by Crippen LogP contribution is -2.39. The number of rotatable bonds is 2. The highest BCUT2D eigenvalue weighted by Crippen LogP contribution is 2.29. The molecular weight excluding hydrogens is 244 g/mol. The summed E-state index contributed by atoms with van der Waals surface area (Å²) in [5, 5.41) is 5.30. The van der Waals surface area contributed by atoms with Crippen molar-refractivity contribution in [3.63, 3.8) is 0 Å². The number of carbonyl (C=O) groups excluding carboxylic acids is 2. The second kappa shape index (κ2) is 4.91. The molecular formula is C14H18N2O3. The van der Waals surface area contributed by atoms with E-state index in [9.17, 15) is 9.59 Å². The van der Waals surface area contributed by atoms with Crippen molar-refractivity contribution in [2.45, 2.75) is 32.2 Å². The normalized spacial score (nSPS) is 18.7. The van der Waals surface area contributed by atoms with Crippen molar-refractivity contribution in [1.82, 2.24) is 5.32 Å². The molecule has 2 N–H and O–H groups in total. The Bertz CT molecular complexity index is 506. The number of anilines is 1. The Labute approximate surface area is 112 Å². The van der Waals surface area contributed by atoms with Gasteiger partial charge in [-0.2, -0.15) is 0 Å². The molecule has 0 spiro atoms. The van der Waals surface area contributed by atoms with E-state index in [0.717, 1.165) is 11.3 Å². The maximum absolute atomic E-state index is 12.0. The van der Waals surface area contributed by atoms with Crippen LogP contribution in [0.25, 0.3) is 0 Å². The van der Waals surface area contributed by atoms with Crippen LogP contribution in [0.4, 0.5) is 10.5 Å². The monoisotopic (exact) mass is 262 g/mol. The van der Waals surface area contributed by atoms with Gasteiger partial charge in [0.05, 0.1) is 0 Å². The minimum atomic E-state index is -0.625. The number of amides is 2. The van der Waals surface area contributed by atoms with Gasteiger partial charge in [-0.05, 0) is 17.0 Å². The van der Waals surface area contributed by atoms with Gasteiger partial charge in [0, 0.05) is 5.69 Å². The van der Waals surface area contributed by atoms with Gasteiger partial charge >= 0.3 is 6.09 Å². The van der Waals surface area contributed by atoms with Crippen LogP contribution in [-0.2, 0) is 14.9 Å². The van der Waals surface area contributed by atoms with Gasteiger partial charge in [-0.3, -0.25) is 4.79 Å². The molecule has 1 aliphatic rings. The lowest BCUT2D eigenvalue weighted by atomic mass is 9.86. The molecule has 1 aromatic carbocycles. The first-order valence-electron chi connectivity index (χ1n) is 6.21. The summed E-state index contributed by atoms with van der Waals surface area (Å²) < 4.78 is 4.71. The number of carbonyl (C=O) groups is 2. The van der Waals surface area contributed by atoms with E-state index in [1.807, 2.05) is 24.3 Å². The molecule has 0 bridgehead atoms. The van der Waals surface area contributed by atoms with Crippen molar-refractivity contribution < 1.29 is 14.3 Å². The van der Waals surface area contributed by atoms with Gasteiger partial charge in [0.1, 0.15) is 12.6 Å². The lowest BCUT2D eigenvalue weighted by molar-refractivity contribution is -0.117. The number of para-hydroxylation sites is 1. The number of nitrogens with one attached hydrogen (secondary N) is 2. The first-order valence-corrected chi connectivity index (χ1v) is 6.21. The van der Waals surface area contributed by atoms with Crippen LogP contribution in [0, 0.1) is 0 Å². The minimum absolute atomic E-state index is 0.0701. The van der Waals surface area contributed by atoms with Crippen molar-refractivity contribution in [1.29, 1.82) is 0 Å². The fourth-order valence-corrected chi connectivity index (χ4v) is 1.99. The third-order valence-corrected chi connectivity index (χ3v) is 2.98. The van der Waals surface area contributed by atoms with E-state index in [2.05, 4.69) is 31.4 Å². The van der Waals surface area contributed by atoms with Gasteiger partial charge < -0.3 is 15.4 Å². The molecule has 1 aliphatic heterocycles. The molecule has 0 aromatic heterocycles. The summed E-state index contributed by atoms with van der Waals surface area (Å²) in [4.78, 5) is 23.0. The van der Waals surface area contributed by atoms with Crippen molar-refractivity contribution in [2.75, 3.05) is 11.9 Å². The van der Waals surface area contributed by atoms with Crippen LogP contribution in [0.5, 0.6) is 0 Å². The molecule has 19 heavy (non-hydrogen) atoms. The Hall–Kier alpha value is -2.04. The summed E-state index contributed by atoms with van der Waals surface area (Å²) in [5.74, 6) is -0.262. The molecule has 5 heteroatoms. The zero-order chi connectivity index (χ0) is 14.0. The highest BCUT2D eigenvalue weighted by atomic mass is 16.6. The third kappa shape index (κ3) is 3.05. The van der Waals surface area contributed by atoms with Crippen molar-refractivity contribution in [2.24, 2.45) is 0 Å². The Kier molecular flexibility index (Phi) is 3.46. The number of ether oxygens (including phenoxy) is 1. The molecule has 1 saturated heterocycles. The van der Waals surface area contributed by atoms with E-state index < -0.39 is 12.1 Å². The van der Waals surface area contributed by atoms with Crippen molar-refractivity contribution >= 4 is 17.7 Å². The van der Waals surface area contributed by atoms with Crippen molar-refractivity contribution in [3.05, 3.63) is 29.8 Å².